The second kappa shape index (κ2) is 7.89. The Morgan fingerprint density at radius 2 is 1.94 bits per heavy atom. The van der Waals surface area contributed by atoms with Crippen molar-refractivity contribution < 1.29 is 23.4 Å². The van der Waals surface area contributed by atoms with Crippen molar-refractivity contribution in [1.29, 1.82) is 0 Å². The molecule has 0 N–H and O–H groups in total. The minimum atomic E-state index is -2.03. The third-order valence-corrected chi connectivity index (χ3v) is 10.8. The van der Waals surface area contributed by atoms with E-state index in [9.17, 15) is 9.59 Å². The number of aromatic nitrogens is 2. The Hall–Kier alpha value is -2.49. The maximum Gasteiger partial charge on any atom is 0.338 e. The summed E-state index contributed by atoms with van der Waals surface area (Å²) in [4.78, 5) is 28.4. The predicted octanol–water partition coefficient (Wildman–Crippen LogP) is 3.15. The average Bonchev–Trinajstić information content (AvgIpc) is 2.94. The fourth-order valence-electron chi connectivity index (χ4n) is 3.41. The van der Waals surface area contributed by atoms with Gasteiger partial charge < -0.3 is 18.6 Å². The van der Waals surface area contributed by atoms with Crippen molar-refractivity contribution >= 4 is 14.3 Å². The highest BCUT2D eigenvalue weighted by Crippen LogP contribution is 2.42. The lowest BCUT2D eigenvalue weighted by Crippen LogP contribution is -2.48. The van der Waals surface area contributed by atoms with Crippen LogP contribution in [-0.2, 0) is 13.9 Å². The number of hydrogen-bond donors (Lipinski definition) is 0. The summed E-state index contributed by atoms with van der Waals surface area (Å²) in [5.74, 6) is -0.462. The largest absolute Gasteiger partial charge is 0.454 e. The number of fused-ring (bicyclic) bond motifs is 4. The molecule has 1 saturated heterocycles. The van der Waals surface area contributed by atoms with Gasteiger partial charge in [0, 0.05) is 12.3 Å². The lowest BCUT2D eigenvalue weighted by Gasteiger charge is -2.37. The molecule has 0 amide bonds. The van der Waals surface area contributed by atoms with Crippen molar-refractivity contribution in [2.45, 2.75) is 63.4 Å². The van der Waals surface area contributed by atoms with Gasteiger partial charge >= 0.3 is 12.0 Å². The fourth-order valence-corrected chi connectivity index (χ4v) is 4.42. The van der Waals surface area contributed by atoms with Gasteiger partial charge in [-0.3, -0.25) is 9.36 Å². The summed E-state index contributed by atoms with van der Waals surface area (Å²) >= 11 is 0. The molecule has 2 aromatic rings. The first-order valence-electron chi connectivity index (χ1n) is 10.4. The van der Waals surface area contributed by atoms with E-state index in [2.05, 4.69) is 38.8 Å². The predicted molar refractivity (Wildman–Crippen MR) is 116 cm³/mol. The summed E-state index contributed by atoms with van der Waals surface area (Å²) in [6.45, 7) is 11.1. The van der Waals surface area contributed by atoms with Crippen LogP contribution in [0.25, 0.3) is 0 Å². The number of carbonyl (C=O) groups excluding carboxylic acids is 1. The van der Waals surface area contributed by atoms with Crippen LogP contribution in [0, 0.1) is 0 Å². The van der Waals surface area contributed by atoms with Crippen LogP contribution in [0.4, 0.5) is 0 Å². The molecule has 0 aliphatic carbocycles. The van der Waals surface area contributed by atoms with E-state index in [1.807, 2.05) is 6.07 Å². The number of nitrogens with zero attached hydrogens (tertiary/aromatic N) is 2. The molecule has 9 heteroatoms. The quantitative estimate of drug-likeness (QED) is 0.516. The maximum absolute atomic E-state index is 12.7. The zero-order valence-electron chi connectivity index (χ0n) is 18.4. The van der Waals surface area contributed by atoms with Gasteiger partial charge in [-0.05, 0) is 30.3 Å². The normalized spacial score (nSPS) is 24.9. The first kappa shape index (κ1) is 21.7. The number of ether oxygens (including phenoxy) is 3. The minimum absolute atomic E-state index is 0.0391. The minimum Gasteiger partial charge on any atom is -0.454 e. The Balaban J connectivity index is 1.58. The lowest BCUT2D eigenvalue weighted by atomic mass is 10.1. The molecule has 1 aromatic heterocycles. The lowest BCUT2D eigenvalue weighted by molar-refractivity contribution is -0.0658. The second-order valence-electron chi connectivity index (χ2n) is 9.41. The standard InChI is InChI=1S/C22H28N2O6Si/c1-22(2,3)31(4,5)27-13-15-17-18(29-20(26)14-9-7-6-8-10-14)19(28-15)24-12-11-16(25)23-21(24)30-17/h6-12,15,17-19H,13H2,1-5H3/t15-,17+,18-,19-/m1/s1/i26+1. The smallest absolute Gasteiger partial charge is 0.338 e. The Morgan fingerprint density at radius 1 is 1.23 bits per heavy atom. The zero-order valence-corrected chi connectivity index (χ0v) is 19.4. The van der Waals surface area contributed by atoms with E-state index in [0.717, 1.165) is 0 Å². The SMILES string of the molecule is CC(C)(C)[Si](C)(C)OC[C@H]1O[C@@H]2[C@H](OC(=[17O])c3ccccc3)[C@H]1Oc1nc(=O)ccn12. The molecule has 2 aliphatic heterocycles. The van der Waals surface area contributed by atoms with Crippen molar-refractivity contribution in [1.82, 2.24) is 9.55 Å². The van der Waals surface area contributed by atoms with E-state index in [1.54, 1.807) is 35.0 Å². The summed E-state index contributed by atoms with van der Waals surface area (Å²) in [5, 5.41) is 0.0391. The van der Waals surface area contributed by atoms with Gasteiger partial charge in [0.2, 0.25) is 0 Å². The van der Waals surface area contributed by atoms with Gasteiger partial charge in [-0.25, -0.2) is 4.79 Å². The first-order chi connectivity index (χ1) is 14.6. The molecule has 1 fully saturated rings. The van der Waals surface area contributed by atoms with Gasteiger partial charge in [0.05, 0.1) is 12.2 Å². The maximum atomic E-state index is 12.7. The van der Waals surface area contributed by atoms with Crippen molar-refractivity contribution in [2.24, 2.45) is 0 Å². The topological polar surface area (TPSA) is 88.9 Å². The van der Waals surface area contributed by atoms with Crippen molar-refractivity contribution in [3.8, 4) is 6.01 Å². The van der Waals surface area contributed by atoms with Crippen molar-refractivity contribution in [2.75, 3.05) is 6.61 Å². The van der Waals surface area contributed by atoms with E-state index >= 15 is 0 Å². The molecular weight excluding hydrogens is 417 g/mol. The van der Waals surface area contributed by atoms with Gasteiger partial charge in [-0.1, -0.05) is 39.0 Å². The first-order valence-corrected chi connectivity index (χ1v) is 13.3. The number of rotatable bonds is 5. The summed E-state index contributed by atoms with van der Waals surface area (Å²) < 4.78 is 26.0. The molecule has 2 bridgehead atoms. The highest BCUT2D eigenvalue weighted by Gasteiger charge is 2.54. The molecule has 3 heterocycles. The molecule has 0 spiro atoms. The van der Waals surface area contributed by atoms with Gasteiger partial charge in [-0.2, -0.15) is 4.98 Å². The summed E-state index contributed by atoms with van der Waals surface area (Å²) in [7, 11) is -2.03. The molecule has 1 aromatic carbocycles. The molecule has 0 radical (unpaired) electrons. The monoisotopic (exact) mass is 445 g/mol. The molecule has 4 atom stereocenters. The Morgan fingerprint density at radius 3 is 2.61 bits per heavy atom. The Bertz CT molecular complexity index is 1020. The Labute approximate surface area is 182 Å². The van der Waals surface area contributed by atoms with Gasteiger partial charge in [-0.15, -0.1) is 0 Å². The van der Waals surface area contributed by atoms with Crippen LogP contribution in [0.15, 0.2) is 47.4 Å². The van der Waals surface area contributed by atoms with Crippen LogP contribution < -0.4 is 10.3 Å². The van der Waals surface area contributed by atoms with Crippen LogP contribution in [0.2, 0.25) is 18.1 Å². The number of benzene rings is 1. The molecule has 166 valence electrons. The molecule has 0 saturated carbocycles. The van der Waals surface area contributed by atoms with Gasteiger partial charge in [0.25, 0.3) is 5.56 Å². The van der Waals surface area contributed by atoms with Crippen LogP contribution in [0.1, 0.15) is 37.4 Å². The van der Waals surface area contributed by atoms with Crippen LogP contribution >= 0.6 is 0 Å². The van der Waals surface area contributed by atoms with Gasteiger partial charge in [0.1, 0.15) is 6.10 Å². The number of carbonyl (C=O) groups is 1. The summed E-state index contributed by atoms with van der Waals surface area (Å²) in [6.07, 6.45) is -0.896. The second-order valence-corrected chi connectivity index (χ2v) is 14.2. The molecular formula is C22H28N2O6Si. The van der Waals surface area contributed by atoms with Crippen molar-refractivity contribution in [3.63, 3.8) is 0 Å². The third-order valence-electron chi connectivity index (χ3n) is 6.27. The van der Waals surface area contributed by atoms with E-state index in [0.29, 0.717) is 12.2 Å². The van der Waals surface area contributed by atoms with E-state index in [4.69, 9.17) is 18.6 Å². The molecule has 0 unspecified atom stereocenters. The fraction of sp³-hybridized carbons (Fsp3) is 0.500. The van der Waals surface area contributed by atoms with Crippen LogP contribution in [0.3, 0.4) is 0 Å². The zero-order chi connectivity index (χ0) is 22.4. The Kier molecular flexibility index (Phi) is 5.53. The van der Waals surface area contributed by atoms with Crippen molar-refractivity contribution in [3.05, 3.63) is 58.5 Å². The molecule has 8 nitrogen and oxygen atoms in total. The molecule has 31 heavy (non-hydrogen) atoms. The van der Waals surface area contributed by atoms with Gasteiger partial charge in [0.15, 0.2) is 26.8 Å². The van der Waals surface area contributed by atoms with Crippen LogP contribution in [-0.4, -0.2) is 48.8 Å². The number of hydrogen-bond acceptors (Lipinski definition) is 7. The summed E-state index contributed by atoms with van der Waals surface area (Å²) in [6, 6.07) is 10.3. The average molecular weight is 446 g/mol. The van der Waals surface area contributed by atoms with E-state index < -0.39 is 44.4 Å². The number of esters is 1. The highest BCUT2D eigenvalue weighted by atomic mass is 28.4. The molecule has 4 rings (SSSR count). The van der Waals surface area contributed by atoms with Crippen LogP contribution in [0.5, 0.6) is 6.01 Å². The van der Waals surface area contributed by atoms with E-state index in [1.165, 1.54) is 6.07 Å². The third kappa shape index (κ3) is 4.17. The van der Waals surface area contributed by atoms with E-state index in [-0.39, 0.29) is 11.0 Å². The highest BCUT2D eigenvalue weighted by molar-refractivity contribution is 6.74. The summed E-state index contributed by atoms with van der Waals surface area (Å²) in [5.41, 5.74) is 0.0410. The molecule has 2 aliphatic rings.